The molecule has 1 heterocycles. The van der Waals surface area contributed by atoms with Gasteiger partial charge in [-0.25, -0.2) is 0 Å². The minimum absolute atomic E-state index is 0.102. The summed E-state index contributed by atoms with van der Waals surface area (Å²) in [6, 6.07) is 7.43. The third-order valence-corrected chi connectivity index (χ3v) is 5.03. The van der Waals surface area contributed by atoms with Crippen LogP contribution < -0.4 is 5.32 Å². The molecule has 0 radical (unpaired) electrons. The average Bonchev–Trinajstić information content (AvgIpc) is 2.86. The van der Waals surface area contributed by atoms with Crippen LogP contribution in [0.5, 0.6) is 0 Å². The van der Waals surface area contributed by atoms with Crippen molar-refractivity contribution in [2.75, 3.05) is 19.6 Å². The molecule has 0 saturated carbocycles. The Morgan fingerprint density at radius 3 is 2.58 bits per heavy atom. The number of nitrogens with one attached hydrogen (secondary N) is 1. The molecule has 24 heavy (non-hydrogen) atoms. The highest BCUT2D eigenvalue weighted by molar-refractivity contribution is 6.30. The summed E-state index contributed by atoms with van der Waals surface area (Å²) >= 11 is 5.85. The zero-order valence-corrected chi connectivity index (χ0v) is 15.1. The van der Waals surface area contributed by atoms with Crippen LogP contribution in [0, 0.1) is 0 Å². The topological polar surface area (TPSA) is 72.8 Å². The summed E-state index contributed by atoms with van der Waals surface area (Å²) < 4.78 is 0. The number of aliphatic hydroxyl groups is 2. The Hall–Kier alpha value is -1.14. The van der Waals surface area contributed by atoms with Crippen molar-refractivity contribution in [3.05, 3.63) is 34.9 Å². The average molecular weight is 355 g/mol. The number of benzene rings is 1. The molecule has 2 atom stereocenters. The monoisotopic (exact) mass is 354 g/mol. The van der Waals surface area contributed by atoms with Gasteiger partial charge in [0, 0.05) is 24.2 Å². The molecule has 3 N–H and O–H groups in total. The van der Waals surface area contributed by atoms with Crippen molar-refractivity contribution in [2.45, 2.75) is 50.9 Å². The Morgan fingerprint density at radius 2 is 2.00 bits per heavy atom. The van der Waals surface area contributed by atoms with Crippen molar-refractivity contribution in [3.63, 3.8) is 0 Å². The molecule has 1 aromatic rings. The Kier molecular flexibility index (Phi) is 6.63. The summed E-state index contributed by atoms with van der Waals surface area (Å²) in [7, 11) is 0. The molecular weight excluding hydrogens is 328 g/mol. The maximum atomic E-state index is 12.4. The molecule has 2 rings (SSSR count). The molecule has 0 aliphatic carbocycles. The van der Waals surface area contributed by atoms with Gasteiger partial charge in [-0.15, -0.1) is 0 Å². The van der Waals surface area contributed by atoms with Gasteiger partial charge in [-0.3, -0.25) is 4.79 Å². The predicted molar refractivity (Wildman–Crippen MR) is 95.1 cm³/mol. The molecule has 1 aromatic carbocycles. The normalized spacial score (nSPS) is 23.9. The van der Waals surface area contributed by atoms with Crippen LogP contribution in [-0.4, -0.2) is 58.4 Å². The van der Waals surface area contributed by atoms with E-state index in [9.17, 15) is 15.0 Å². The Labute approximate surface area is 148 Å². The molecule has 1 aliphatic heterocycles. The van der Waals surface area contributed by atoms with Crippen molar-refractivity contribution >= 4 is 17.5 Å². The molecule has 6 heteroatoms. The number of likely N-dealkylation sites (tertiary alicyclic amines) is 1. The molecule has 1 fully saturated rings. The lowest BCUT2D eigenvalue weighted by atomic mass is 9.99. The summed E-state index contributed by atoms with van der Waals surface area (Å²) in [6.45, 7) is 4.75. The zero-order valence-electron chi connectivity index (χ0n) is 14.3. The van der Waals surface area contributed by atoms with Gasteiger partial charge < -0.3 is 20.4 Å². The minimum atomic E-state index is -1.29. The van der Waals surface area contributed by atoms with Gasteiger partial charge >= 0.3 is 0 Å². The lowest BCUT2D eigenvalue weighted by molar-refractivity contribution is -0.130. The van der Waals surface area contributed by atoms with Gasteiger partial charge in [-0.2, -0.15) is 0 Å². The number of halogens is 1. The summed E-state index contributed by atoms with van der Waals surface area (Å²) in [6.07, 6.45) is 1.22. The highest BCUT2D eigenvalue weighted by atomic mass is 35.5. The van der Waals surface area contributed by atoms with E-state index < -0.39 is 11.7 Å². The van der Waals surface area contributed by atoms with E-state index in [1.807, 2.05) is 12.1 Å². The van der Waals surface area contributed by atoms with Gasteiger partial charge in [0.05, 0.1) is 13.0 Å². The standard InChI is InChI=1S/C18H27ClN2O3/c1-3-15(4-2)20-11-18(24)12-21(10-16(18)22)17(23)9-13-5-7-14(19)8-6-13/h5-8,15-16,20,22,24H,3-4,9-12H2,1-2H3/t16-,18+/m1/s1. The first-order chi connectivity index (χ1) is 11.4. The Balaban J connectivity index is 1.93. The summed E-state index contributed by atoms with van der Waals surface area (Å²) in [4.78, 5) is 14.0. The van der Waals surface area contributed by atoms with Gasteiger partial charge in [0.15, 0.2) is 0 Å². The molecule has 5 nitrogen and oxygen atoms in total. The number of nitrogens with zero attached hydrogens (tertiary/aromatic N) is 1. The van der Waals surface area contributed by atoms with E-state index in [1.54, 1.807) is 12.1 Å². The predicted octanol–water partition coefficient (Wildman–Crippen LogP) is 1.59. The fraction of sp³-hybridized carbons (Fsp3) is 0.611. The van der Waals surface area contributed by atoms with Crippen LogP contribution in [0.2, 0.25) is 5.02 Å². The smallest absolute Gasteiger partial charge is 0.227 e. The molecule has 0 spiro atoms. The maximum absolute atomic E-state index is 12.4. The zero-order chi connectivity index (χ0) is 17.7. The van der Waals surface area contributed by atoms with Crippen LogP contribution in [0.3, 0.4) is 0 Å². The number of carbonyl (C=O) groups excluding carboxylic acids is 1. The Bertz CT molecular complexity index is 548. The first kappa shape index (κ1) is 19.2. The molecule has 0 unspecified atom stereocenters. The molecular formula is C18H27ClN2O3. The number of hydrogen-bond donors (Lipinski definition) is 3. The molecule has 0 bridgehead atoms. The van der Waals surface area contributed by atoms with E-state index in [1.165, 1.54) is 4.90 Å². The van der Waals surface area contributed by atoms with E-state index >= 15 is 0 Å². The molecule has 1 saturated heterocycles. The van der Waals surface area contributed by atoms with Crippen LogP contribution >= 0.6 is 11.6 Å². The second kappa shape index (κ2) is 8.30. The highest BCUT2D eigenvalue weighted by Gasteiger charge is 2.45. The van der Waals surface area contributed by atoms with Crippen LogP contribution in [0.25, 0.3) is 0 Å². The van der Waals surface area contributed by atoms with Crippen molar-refractivity contribution in [1.82, 2.24) is 10.2 Å². The van der Waals surface area contributed by atoms with Crippen molar-refractivity contribution in [3.8, 4) is 0 Å². The molecule has 134 valence electrons. The van der Waals surface area contributed by atoms with Crippen molar-refractivity contribution < 1.29 is 15.0 Å². The SMILES string of the molecule is CCC(CC)NC[C@]1(O)CN(C(=O)Cc2ccc(Cl)cc2)C[C@H]1O. The third-order valence-electron chi connectivity index (χ3n) is 4.78. The first-order valence-electron chi connectivity index (χ1n) is 8.54. The highest BCUT2D eigenvalue weighted by Crippen LogP contribution is 2.23. The van der Waals surface area contributed by atoms with Gasteiger partial charge in [-0.05, 0) is 30.5 Å². The number of β-amino-alcohol motifs (C(OH)–C–C–N with tert-alkyl or cyclic N) is 2. The van der Waals surface area contributed by atoms with E-state index in [2.05, 4.69) is 19.2 Å². The summed E-state index contributed by atoms with van der Waals surface area (Å²) in [5.41, 5.74) is -0.428. The lowest BCUT2D eigenvalue weighted by Gasteiger charge is -2.28. The van der Waals surface area contributed by atoms with Crippen LogP contribution in [0.15, 0.2) is 24.3 Å². The fourth-order valence-electron chi connectivity index (χ4n) is 3.03. The molecule has 0 aromatic heterocycles. The minimum Gasteiger partial charge on any atom is -0.388 e. The molecule has 1 amide bonds. The summed E-state index contributed by atoms with van der Waals surface area (Å²) in [5, 5.41) is 24.8. The van der Waals surface area contributed by atoms with Gasteiger partial charge in [-0.1, -0.05) is 37.6 Å². The number of rotatable bonds is 7. The molecule has 1 aliphatic rings. The van der Waals surface area contributed by atoms with Crippen LogP contribution in [0.1, 0.15) is 32.3 Å². The second-order valence-electron chi connectivity index (χ2n) is 6.59. The number of amides is 1. The van der Waals surface area contributed by atoms with Gasteiger partial charge in [0.1, 0.15) is 11.7 Å². The van der Waals surface area contributed by atoms with Gasteiger partial charge in [0.2, 0.25) is 5.91 Å². The van der Waals surface area contributed by atoms with Gasteiger partial charge in [0.25, 0.3) is 0 Å². The quantitative estimate of drug-likeness (QED) is 0.695. The maximum Gasteiger partial charge on any atom is 0.227 e. The number of hydrogen-bond acceptors (Lipinski definition) is 4. The largest absolute Gasteiger partial charge is 0.388 e. The third kappa shape index (κ3) is 4.70. The van der Waals surface area contributed by atoms with E-state index in [0.29, 0.717) is 11.1 Å². The van der Waals surface area contributed by atoms with E-state index in [4.69, 9.17) is 11.6 Å². The summed E-state index contributed by atoms with van der Waals surface area (Å²) in [5.74, 6) is -0.102. The fourth-order valence-corrected chi connectivity index (χ4v) is 3.16. The number of aliphatic hydroxyl groups excluding tert-OH is 1. The second-order valence-corrected chi connectivity index (χ2v) is 7.03. The lowest BCUT2D eigenvalue weighted by Crippen LogP contribution is -2.52. The Morgan fingerprint density at radius 1 is 1.38 bits per heavy atom. The number of carbonyl (C=O) groups is 1. The van der Waals surface area contributed by atoms with Crippen molar-refractivity contribution in [1.29, 1.82) is 0 Å². The van der Waals surface area contributed by atoms with E-state index in [-0.39, 0.29) is 32.0 Å². The van der Waals surface area contributed by atoms with E-state index in [0.717, 1.165) is 18.4 Å². The van der Waals surface area contributed by atoms with Crippen LogP contribution in [0.4, 0.5) is 0 Å². The van der Waals surface area contributed by atoms with Crippen molar-refractivity contribution in [2.24, 2.45) is 0 Å². The first-order valence-corrected chi connectivity index (χ1v) is 8.91. The van der Waals surface area contributed by atoms with Crippen LogP contribution in [-0.2, 0) is 11.2 Å².